The Morgan fingerprint density at radius 2 is 2.21 bits per heavy atom. The van der Waals surface area contributed by atoms with Gasteiger partial charge in [-0.05, 0) is 35.0 Å². The Balaban J connectivity index is 2.14. The third-order valence-corrected chi connectivity index (χ3v) is 4.02. The second-order valence-corrected chi connectivity index (χ2v) is 5.40. The van der Waals surface area contributed by atoms with Crippen molar-refractivity contribution in [2.24, 2.45) is 7.05 Å². The fraction of sp³-hybridized carbons (Fsp3) is 0.308. The number of hydrogen-bond acceptors (Lipinski definition) is 3. The van der Waals surface area contributed by atoms with Gasteiger partial charge in [-0.25, -0.2) is 0 Å². The molecular formula is C13H15BrClN3O. The van der Waals surface area contributed by atoms with Crippen LogP contribution in [0.25, 0.3) is 0 Å². The Kier molecular flexibility index (Phi) is 4.37. The average Bonchev–Trinajstić information content (AvgIpc) is 2.63. The SMILES string of the molecule is COc1cc(NCc2c(Cl)c(C)nn2C)ccc1Br. The molecule has 0 atom stereocenters. The summed E-state index contributed by atoms with van der Waals surface area (Å²) in [5.41, 5.74) is 2.77. The van der Waals surface area contributed by atoms with E-state index in [9.17, 15) is 0 Å². The molecule has 0 amide bonds. The molecule has 1 aromatic carbocycles. The smallest absolute Gasteiger partial charge is 0.135 e. The lowest BCUT2D eigenvalue weighted by Crippen LogP contribution is -2.06. The van der Waals surface area contributed by atoms with Gasteiger partial charge < -0.3 is 10.1 Å². The first kappa shape index (κ1) is 14.2. The van der Waals surface area contributed by atoms with E-state index in [1.54, 1.807) is 11.8 Å². The first-order valence-corrected chi connectivity index (χ1v) is 6.95. The van der Waals surface area contributed by atoms with Crippen molar-refractivity contribution in [3.8, 4) is 5.75 Å². The van der Waals surface area contributed by atoms with Crippen LogP contribution in [0.15, 0.2) is 22.7 Å². The van der Waals surface area contributed by atoms with Gasteiger partial charge in [-0.1, -0.05) is 11.6 Å². The van der Waals surface area contributed by atoms with Gasteiger partial charge in [-0.15, -0.1) is 0 Å². The van der Waals surface area contributed by atoms with Crippen LogP contribution in [-0.4, -0.2) is 16.9 Å². The fourth-order valence-corrected chi connectivity index (χ4v) is 2.46. The third-order valence-electron chi connectivity index (χ3n) is 2.87. The van der Waals surface area contributed by atoms with Crippen molar-refractivity contribution in [2.45, 2.75) is 13.5 Å². The highest BCUT2D eigenvalue weighted by atomic mass is 79.9. The Morgan fingerprint density at radius 3 is 2.79 bits per heavy atom. The van der Waals surface area contributed by atoms with Gasteiger partial charge in [-0.3, -0.25) is 4.68 Å². The highest BCUT2D eigenvalue weighted by Gasteiger charge is 2.10. The summed E-state index contributed by atoms with van der Waals surface area (Å²) in [4.78, 5) is 0. The largest absolute Gasteiger partial charge is 0.495 e. The molecule has 0 fully saturated rings. The van der Waals surface area contributed by atoms with Crippen LogP contribution in [0.1, 0.15) is 11.4 Å². The lowest BCUT2D eigenvalue weighted by atomic mass is 10.3. The van der Waals surface area contributed by atoms with Crippen molar-refractivity contribution in [2.75, 3.05) is 12.4 Å². The minimum Gasteiger partial charge on any atom is -0.495 e. The summed E-state index contributed by atoms with van der Waals surface area (Å²) < 4.78 is 7.98. The quantitative estimate of drug-likeness (QED) is 0.918. The van der Waals surface area contributed by atoms with Gasteiger partial charge in [0.15, 0.2) is 0 Å². The Labute approximate surface area is 125 Å². The van der Waals surface area contributed by atoms with E-state index in [1.165, 1.54) is 0 Å². The number of hydrogen-bond donors (Lipinski definition) is 1. The number of rotatable bonds is 4. The molecule has 0 aliphatic rings. The van der Waals surface area contributed by atoms with E-state index in [1.807, 2.05) is 32.2 Å². The number of methoxy groups -OCH3 is 1. The maximum atomic E-state index is 6.21. The molecule has 1 N–H and O–H groups in total. The van der Waals surface area contributed by atoms with E-state index >= 15 is 0 Å². The van der Waals surface area contributed by atoms with E-state index in [2.05, 4.69) is 26.3 Å². The molecule has 1 heterocycles. The van der Waals surface area contributed by atoms with Crippen molar-refractivity contribution in [3.63, 3.8) is 0 Å². The molecule has 2 aromatic rings. The highest BCUT2D eigenvalue weighted by Crippen LogP contribution is 2.28. The second-order valence-electron chi connectivity index (χ2n) is 4.17. The summed E-state index contributed by atoms with van der Waals surface area (Å²) >= 11 is 9.63. The van der Waals surface area contributed by atoms with Gasteiger partial charge >= 0.3 is 0 Å². The molecule has 0 spiro atoms. The highest BCUT2D eigenvalue weighted by molar-refractivity contribution is 9.10. The zero-order valence-corrected chi connectivity index (χ0v) is 13.3. The first-order chi connectivity index (χ1) is 9.02. The van der Waals surface area contributed by atoms with Gasteiger partial charge in [0.1, 0.15) is 5.75 Å². The predicted molar refractivity (Wildman–Crippen MR) is 81.0 cm³/mol. The predicted octanol–water partition coefficient (Wildman–Crippen LogP) is 3.77. The monoisotopic (exact) mass is 343 g/mol. The molecule has 0 bridgehead atoms. The van der Waals surface area contributed by atoms with E-state index in [4.69, 9.17) is 16.3 Å². The topological polar surface area (TPSA) is 39.1 Å². The number of halogens is 2. The van der Waals surface area contributed by atoms with Crippen LogP contribution in [0, 0.1) is 6.92 Å². The molecule has 19 heavy (non-hydrogen) atoms. The number of nitrogens with one attached hydrogen (secondary N) is 1. The zero-order valence-electron chi connectivity index (χ0n) is 11.0. The van der Waals surface area contributed by atoms with Gasteiger partial charge in [-0.2, -0.15) is 5.10 Å². The maximum absolute atomic E-state index is 6.21. The summed E-state index contributed by atoms with van der Waals surface area (Å²) in [5, 5.41) is 8.30. The van der Waals surface area contributed by atoms with Gasteiger partial charge in [0.2, 0.25) is 0 Å². The van der Waals surface area contributed by atoms with Gasteiger partial charge in [0.25, 0.3) is 0 Å². The Hall–Kier alpha value is -1.20. The minimum absolute atomic E-state index is 0.612. The molecular weight excluding hydrogens is 330 g/mol. The molecule has 2 rings (SSSR count). The van der Waals surface area contributed by atoms with Gasteiger partial charge in [0.05, 0.1) is 34.5 Å². The fourth-order valence-electron chi connectivity index (χ4n) is 1.83. The van der Waals surface area contributed by atoms with Crippen molar-refractivity contribution >= 4 is 33.2 Å². The van der Waals surface area contributed by atoms with E-state index < -0.39 is 0 Å². The molecule has 1 aromatic heterocycles. The normalized spacial score (nSPS) is 10.6. The van der Waals surface area contributed by atoms with Crippen LogP contribution in [0.5, 0.6) is 5.75 Å². The van der Waals surface area contributed by atoms with Crippen molar-refractivity contribution in [3.05, 3.63) is 39.1 Å². The number of ether oxygens (including phenoxy) is 1. The van der Waals surface area contributed by atoms with Crippen molar-refractivity contribution in [1.82, 2.24) is 9.78 Å². The molecule has 4 nitrogen and oxygen atoms in total. The van der Waals surface area contributed by atoms with Gasteiger partial charge in [0, 0.05) is 18.8 Å². The van der Waals surface area contributed by atoms with Crippen LogP contribution in [0.2, 0.25) is 5.02 Å². The Bertz CT molecular complexity index is 598. The average molecular weight is 345 g/mol. The number of benzene rings is 1. The third kappa shape index (κ3) is 3.04. The maximum Gasteiger partial charge on any atom is 0.135 e. The number of aryl methyl sites for hydroxylation is 2. The lowest BCUT2D eigenvalue weighted by Gasteiger charge is -2.10. The first-order valence-electron chi connectivity index (χ1n) is 5.78. The number of nitrogens with zero attached hydrogens (tertiary/aromatic N) is 2. The second kappa shape index (κ2) is 5.84. The van der Waals surface area contributed by atoms with Crippen LogP contribution >= 0.6 is 27.5 Å². The molecule has 0 aliphatic heterocycles. The zero-order chi connectivity index (χ0) is 14.0. The number of anilines is 1. The molecule has 0 unspecified atom stereocenters. The van der Waals surface area contributed by atoms with Crippen LogP contribution in [-0.2, 0) is 13.6 Å². The minimum atomic E-state index is 0.612. The lowest BCUT2D eigenvalue weighted by molar-refractivity contribution is 0.412. The van der Waals surface area contributed by atoms with Crippen LogP contribution < -0.4 is 10.1 Å². The van der Waals surface area contributed by atoms with Crippen molar-refractivity contribution < 1.29 is 4.74 Å². The molecule has 0 radical (unpaired) electrons. The molecule has 0 saturated heterocycles. The molecule has 102 valence electrons. The molecule has 6 heteroatoms. The van der Waals surface area contributed by atoms with Crippen LogP contribution in [0.4, 0.5) is 5.69 Å². The van der Waals surface area contributed by atoms with E-state index in [0.717, 1.165) is 27.3 Å². The Morgan fingerprint density at radius 1 is 1.47 bits per heavy atom. The van der Waals surface area contributed by atoms with Crippen molar-refractivity contribution in [1.29, 1.82) is 0 Å². The van der Waals surface area contributed by atoms with Crippen LogP contribution in [0.3, 0.4) is 0 Å². The molecule has 0 saturated carbocycles. The summed E-state index contributed by atoms with van der Waals surface area (Å²) in [6, 6.07) is 5.85. The summed E-state index contributed by atoms with van der Waals surface area (Å²) in [6.45, 7) is 2.51. The summed E-state index contributed by atoms with van der Waals surface area (Å²) in [5.74, 6) is 0.789. The standard InChI is InChI=1S/C13H15BrClN3O/c1-8-13(15)11(18(2)17-8)7-16-9-4-5-10(14)12(6-9)19-3/h4-6,16H,7H2,1-3H3. The molecule has 0 aliphatic carbocycles. The van der Waals surface area contributed by atoms with E-state index in [-0.39, 0.29) is 0 Å². The summed E-state index contributed by atoms with van der Waals surface area (Å²) in [6.07, 6.45) is 0. The number of aromatic nitrogens is 2. The summed E-state index contributed by atoms with van der Waals surface area (Å²) in [7, 11) is 3.53. The van der Waals surface area contributed by atoms with E-state index in [0.29, 0.717) is 11.6 Å².